The number of carbonyl (C=O) groups is 1. The van der Waals surface area contributed by atoms with E-state index in [-0.39, 0.29) is 17.5 Å². The number of carbonyl (C=O) groups excluding carboxylic acids is 1. The van der Waals surface area contributed by atoms with Crippen molar-refractivity contribution in [3.05, 3.63) is 40.2 Å². The average Bonchev–Trinajstić information content (AvgIpc) is 2.73. The Morgan fingerprint density at radius 1 is 1.17 bits per heavy atom. The number of hydrogen-bond donors (Lipinski definition) is 0. The van der Waals surface area contributed by atoms with Crippen molar-refractivity contribution in [2.75, 3.05) is 33.9 Å². The lowest BCUT2D eigenvalue weighted by Crippen LogP contribution is -2.41. The second-order valence-electron chi connectivity index (χ2n) is 7.11. The van der Waals surface area contributed by atoms with E-state index < -0.39 is 5.43 Å². The Balaban J connectivity index is 2.10. The van der Waals surface area contributed by atoms with Gasteiger partial charge in [0.1, 0.15) is 11.5 Å². The smallest absolute Gasteiger partial charge is 0.278 e. The molecule has 156 valence electrons. The normalized spacial score (nSPS) is 16.4. The molecule has 0 N–H and O–H groups in total. The lowest BCUT2D eigenvalue weighted by molar-refractivity contribution is 0.0673. The Kier molecular flexibility index (Phi) is 6.41. The first kappa shape index (κ1) is 20.7. The fourth-order valence-corrected chi connectivity index (χ4v) is 3.46. The molecule has 8 nitrogen and oxygen atoms in total. The van der Waals surface area contributed by atoms with E-state index in [2.05, 4.69) is 12.0 Å². The molecule has 1 saturated heterocycles. The van der Waals surface area contributed by atoms with Crippen LogP contribution in [0.3, 0.4) is 0 Å². The number of amides is 1. The number of aromatic nitrogens is 2. The third-order valence-electron chi connectivity index (χ3n) is 4.92. The van der Waals surface area contributed by atoms with E-state index in [0.29, 0.717) is 42.8 Å². The molecule has 1 aromatic heterocycles. The van der Waals surface area contributed by atoms with Gasteiger partial charge >= 0.3 is 0 Å². The van der Waals surface area contributed by atoms with Crippen molar-refractivity contribution in [1.29, 1.82) is 0 Å². The van der Waals surface area contributed by atoms with Crippen molar-refractivity contribution >= 4 is 5.91 Å². The highest BCUT2D eigenvalue weighted by molar-refractivity contribution is 5.92. The summed E-state index contributed by atoms with van der Waals surface area (Å²) in [4.78, 5) is 27.4. The van der Waals surface area contributed by atoms with Crippen LogP contribution in [0.4, 0.5) is 0 Å². The third kappa shape index (κ3) is 4.52. The molecule has 0 bridgehead atoms. The number of likely N-dealkylation sites (tertiary alicyclic amines) is 1. The average molecular weight is 401 g/mol. The number of benzene rings is 1. The third-order valence-corrected chi connectivity index (χ3v) is 4.92. The number of ether oxygens (including phenoxy) is 3. The van der Waals surface area contributed by atoms with Gasteiger partial charge in [-0.1, -0.05) is 6.92 Å². The summed E-state index contributed by atoms with van der Waals surface area (Å²) >= 11 is 0. The van der Waals surface area contributed by atoms with Crippen LogP contribution >= 0.6 is 0 Å². The maximum atomic E-state index is 13.0. The molecule has 1 atom stereocenters. The van der Waals surface area contributed by atoms with Crippen LogP contribution in [0.15, 0.2) is 29.1 Å². The van der Waals surface area contributed by atoms with Gasteiger partial charge in [-0.3, -0.25) is 9.59 Å². The zero-order chi connectivity index (χ0) is 21.0. The highest BCUT2D eigenvalue weighted by Gasteiger charge is 2.26. The molecular weight excluding hydrogens is 374 g/mol. The highest BCUT2D eigenvalue weighted by atomic mass is 16.5. The number of nitrogens with zero attached hydrogens (tertiary/aromatic N) is 3. The molecule has 3 rings (SSSR count). The predicted molar refractivity (Wildman–Crippen MR) is 108 cm³/mol. The quantitative estimate of drug-likeness (QED) is 0.740. The number of hydrogen-bond acceptors (Lipinski definition) is 6. The van der Waals surface area contributed by atoms with Gasteiger partial charge in [0.2, 0.25) is 11.3 Å². The van der Waals surface area contributed by atoms with Crippen LogP contribution in [0, 0.1) is 5.92 Å². The summed E-state index contributed by atoms with van der Waals surface area (Å²) in [5.41, 5.74) is -0.0159. The molecule has 1 aromatic carbocycles. The van der Waals surface area contributed by atoms with E-state index in [0.717, 1.165) is 12.8 Å². The number of piperidine rings is 1. The highest BCUT2D eigenvalue weighted by Crippen LogP contribution is 2.27. The largest absolute Gasteiger partial charge is 0.497 e. The van der Waals surface area contributed by atoms with Crippen molar-refractivity contribution in [3.8, 4) is 23.1 Å². The molecule has 2 heterocycles. The molecule has 0 radical (unpaired) electrons. The minimum absolute atomic E-state index is 0.121. The van der Waals surface area contributed by atoms with Crippen molar-refractivity contribution in [1.82, 2.24) is 14.7 Å². The van der Waals surface area contributed by atoms with E-state index >= 15 is 0 Å². The first-order valence-corrected chi connectivity index (χ1v) is 9.76. The second-order valence-corrected chi connectivity index (χ2v) is 7.11. The Hall–Kier alpha value is -3.03. The summed E-state index contributed by atoms with van der Waals surface area (Å²) in [6.07, 6.45) is 2.00. The van der Waals surface area contributed by atoms with Crippen LogP contribution in [-0.4, -0.2) is 54.5 Å². The summed E-state index contributed by atoms with van der Waals surface area (Å²) in [6.45, 7) is 5.52. The van der Waals surface area contributed by atoms with Gasteiger partial charge in [0, 0.05) is 31.3 Å². The van der Waals surface area contributed by atoms with Gasteiger partial charge in [-0.25, -0.2) is 0 Å². The lowest BCUT2D eigenvalue weighted by Gasteiger charge is -2.30. The molecule has 8 heteroatoms. The van der Waals surface area contributed by atoms with Crippen LogP contribution in [-0.2, 0) is 0 Å². The predicted octanol–water partition coefficient (Wildman–Crippen LogP) is 2.52. The van der Waals surface area contributed by atoms with E-state index in [1.807, 2.05) is 6.92 Å². The topological polar surface area (TPSA) is 82.9 Å². The monoisotopic (exact) mass is 401 g/mol. The first-order chi connectivity index (χ1) is 14.0. The lowest BCUT2D eigenvalue weighted by atomic mass is 10.00. The fraction of sp³-hybridized carbons (Fsp3) is 0.476. The van der Waals surface area contributed by atoms with E-state index in [1.54, 1.807) is 37.3 Å². The fourth-order valence-electron chi connectivity index (χ4n) is 3.46. The van der Waals surface area contributed by atoms with Crippen molar-refractivity contribution in [2.45, 2.75) is 26.7 Å². The molecule has 0 unspecified atom stereocenters. The standard InChI is InChI=1S/C21H27N3O5/c1-5-29-19-12-18(25)20(21(26)23-8-6-7-14(2)13-23)22-24(19)15-9-16(27-3)11-17(10-15)28-4/h9-12,14H,5-8,13H2,1-4H3/t14-/m1/s1. The van der Waals surface area contributed by atoms with Crippen LogP contribution in [0.1, 0.15) is 37.2 Å². The molecule has 1 aliphatic heterocycles. The summed E-state index contributed by atoms with van der Waals surface area (Å²) < 4.78 is 17.7. The molecule has 29 heavy (non-hydrogen) atoms. The van der Waals surface area contributed by atoms with Gasteiger partial charge in [-0.05, 0) is 25.7 Å². The van der Waals surface area contributed by atoms with Gasteiger partial charge < -0.3 is 19.1 Å². The molecule has 2 aromatic rings. The van der Waals surface area contributed by atoms with Gasteiger partial charge in [0.15, 0.2) is 5.69 Å². The first-order valence-electron chi connectivity index (χ1n) is 9.76. The Labute approximate surface area is 170 Å². The van der Waals surface area contributed by atoms with E-state index in [9.17, 15) is 9.59 Å². The van der Waals surface area contributed by atoms with Crippen LogP contribution in [0.2, 0.25) is 0 Å². The maximum Gasteiger partial charge on any atom is 0.278 e. The second kappa shape index (κ2) is 8.98. The molecule has 0 saturated carbocycles. The Morgan fingerprint density at radius 2 is 1.86 bits per heavy atom. The van der Waals surface area contributed by atoms with Gasteiger partial charge in [0.05, 0.1) is 32.6 Å². The molecule has 1 amide bonds. The maximum absolute atomic E-state index is 13.0. The summed E-state index contributed by atoms with van der Waals surface area (Å²) in [5, 5.41) is 4.39. The summed E-state index contributed by atoms with van der Waals surface area (Å²) in [7, 11) is 3.10. The Morgan fingerprint density at radius 3 is 2.45 bits per heavy atom. The molecular formula is C21H27N3O5. The van der Waals surface area contributed by atoms with Crippen molar-refractivity contribution in [2.24, 2.45) is 5.92 Å². The number of methoxy groups -OCH3 is 2. The van der Waals surface area contributed by atoms with E-state index in [4.69, 9.17) is 14.2 Å². The SMILES string of the molecule is CCOc1cc(=O)c(C(=O)N2CCC[C@@H](C)C2)nn1-c1cc(OC)cc(OC)c1. The van der Waals surface area contributed by atoms with Crippen molar-refractivity contribution in [3.63, 3.8) is 0 Å². The zero-order valence-electron chi connectivity index (χ0n) is 17.3. The zero-order valence-corrected chi connectivity index (χ0v) is 17.3. The van der Waals surface area contributed by atoms with Gasteiger partial charge in [-0.2, -0.15) is 9.78 Å². The van der Waals surface area contributed by atoms with Gasteiger partial charge in [-0.15, -0.1) is 0 Å². The van der Waals surface area contributed by atoms with Crippen LogP contribution in [0.25, 0.3) is 5.69 Å². The van der Waals surface area contributed by atoms with Gasteiger partial charge in [0.25, 0.3) is 5.91 Å². The minimum Gasteiger partial charge on any atom is -0.497 e. The van der Waals surface area contributed by atoms with Crippen LogP contribution < -0.4 is 19.6 Å². The van der Waals surface area contributed by atoms with E-state index in [1.165, 1.54) is 10.7 Å². The molecule has 1 fully saturated rings. The number of rotatable bonds is 6. The van der Waals surface area contributed by atoms with Crippen LogP contribution in [0.5, 0.6) is 17.4 Å². The Bertz CT molecular complexity index is 918. The van der Waals surface area contributed by atoms with Crippen molar-refractivity contribution < 1.29 is 19.0 Å². The molecule has 1 aliphatic rings. The molecule has 0 spiro atoms. The summed E-state index contributed by atoms with van der Waals surface area (Å²) in [5.74, 6) is 1.41. The summed E-state index contributed by atoms with van der Waals surface area (Å²) in [6, 6.07) is 6.51. The minimum atomic E-state index is -0.456. The molecule has 0 aliphatic carbocycles.